The Morgan fingerprint density at radius 1 is 1.16 bits per heavy atom. The van der Waals surface area contributed by atoms with Gasteiger partial charge in [0, 0.05) is 44.1 Å². The Balaban J connectivity index is 0.000000555. The number of aromatic nitrogens is 3. The zero-order chi connectivity index (χ0) is 31.6. The molecule has 10 nitrogen and oxygen atoms in total. The van der Waals surface area contributed by atoms with Crippen molar-refractivity contribution in [2.24, 2.45) is 0 Å². The summed E-state index contributed by atoms with van der Waals surface area (Å²) in [7, 11) is 3.60. The van der Waals surface area contributed by atoms with Crippen LogP contribution >= 0.6 is 0 Å². The second-order valence-electron chi connectivity index (χ2n) is 10.2. The summed E-state index contributed by atoms with van der Waals surface area (Å²) in [6, 6.07) is 3.24. The van der Waals surface area contributed by atoms with E-state index in [1.165, 1.54) is 51.4 Å². The molecule has 3 aliphatic heterocycles. The molecule has 1 unspecified atom stereocenters. The van der Waals surface area contributed by atoms with Crippen molar-refractivity contribution in [1.82, 2.24) is 24.8 Å². The van der Waals surface area contributed by atoms with E-state index in [-0.39, 0.29) is 36.6 Å². The topological polar surface area (TPSA) is 102 Å². The van der Waals surface area contributed by atoms with E-state index in [0.717, 1.165) is 11.8 Å². The number of likely N-dealkylation sites (tertiary alicyclic amines) is 1. The zero-order valence-corrected chi connectivity index (χ0v) is 25.4. The minimum absolute atomic E-state index is 0.0444. The summed E-state index contributed by atoms with van der Waals surface area (Å²) in [4.78, 5) is 32.5. The van der Waals surface area contributed by atoms with Crippen molar-refractivity contribution in [3.63, 3.8) is 0 Å². The standard InChI is InChI=1S/C23H24F3N7O2.C5H11N.C2H6/c1-3-20(34)33-11-10-32(13-15(33)4-7-27)21-16-6-9-31(14-18(16)29-22(30-21)35-2)19-5-8-28-12-17(19)23(24,25)26;1-6-4-2-3-5-6;1-2/h3,5,8,12,15H,1,4,6,9-11,13-14H2,2H3;2-5H2,1H3;1-2H3. The highest BCUT2D eigenvalue weighted by molar-refractivity contribution is 5.87. The van der Waals surface area contributed by atoms with Crippen LogP contribution in [0, 0.1) is 11.3 Å². The number of carbonyl (C=O) groups is 1. The van der Waals surface area contributed by atoms with Crippen LogP contribution in [0.4, 0.5) is 24.7 Å². The van der Waals surface area contributed by atoms with Crippen LogP contribution in [0.1, 0.15) is 49.9 Å². The highest BCUT2D eigenvalue weighted by Gasteiger charge is 2.37. The third kappa shape index (κ3) is 8.34. The molecule has 43 heavy (non-hydrogen) atoms. The average molecular weight is 603 g/mol. The first-order valence-electron chi connectivity index (χ1n) is 14.6. The smallest absolute Gasteiger partial charge is 0.419 e. The van der Waals surface area contributed by atoms with E-state index < -0.39 is 11.7 Å². The van der Waals surface area contributed by atoms with Gasteiger partial charge in [0.25, 0.3) is 0 Å². The first-order valence-corrected chi connectivity index (χ1v) is 14.6. The van der Waals surface area contributed by atoms with Crippen LogP contribution in [-0.2, 0) is 23.9 Å². The largest absolute Gasteiger partial charge is 0.467 e. The summed E-state index contributed by atoms with van der Waals surface area (Å²) in [5.41, 5.74) is 0.642. The van der Waals surface area contributed by atoms with Crippen LogP contribution in [0.25, 0.3) is 0 Å². The van der Waals surface area contributed by atoms with Crippen LogP contribution in [0.2, 0.25) is 0 Å². The number of ether oxygens (including phenoxy) is 1. The molecular formula is C30H41F3N8O2. The number of carbonyl (C=O) groups excluding carboxylic acids is 1. The van der Waals surface area contributed by atoms with Gasteiger partial charge in [0.15, 0.2) is 0 Å². The molecule has 5 heterocycles. The molecule has 2 fully saturated rings. The van der Waals surface area contributed by atoms with Gasteiger partial charge in [-0.25, -0.2) is 0 Å². The predicted molar refractivity (Wildman–Crippen MR) is 159 cm³/mol. The Labute approximate surface area is 251 Å². The van der Waals surface area contributed by atoms with Crippen molar-refractivity contribution in [1.29, 1.82) is 5.26 Å². The maximum atomic E-state index is 13.6. The first-order chi connectivity index (χ1) is 20.7. The van der Waals surface area contributed by atoms with E-state index in [1.54, 1.807) is 9.80 Å². The SMILES string of the molecule is C=CC(=O)N1CCN(c2nc(OC)nc3c2CCN(c2ccncc2C(F)(F)F)C3)CC1CC#N.CC.CN1CCCC1. The summed E-state index contributed by atoms with van der Waals surface area (Å²) >= 11 is 0. The number of alkyl halides is 3. The molecule has 0 radical (unpaired) electrons. The number of anilines is 2. The second kappa shape index (κ2) is 15.5. The zero-order valence-electron chi connectivity index (χ0n) is 25.4. The molecule has 5 rings (SSSR count). The van der Waals surface area contributed by atoms with Crippen molar-refractivity contribution in [2.75, 3.05) is 63.2 Å². The second-order valence-corrected chi connectivity index (χ2v) is 10.2. The molecule has 3 aliphatic rings. The first kappa shape index (κ1) is 33.6. The Hall–Kier alpha value is -3.92. The van der Waals surface area contributed by atoms with Crippen molar-refractivity contribution >= 4 is 17.4 Å². The third-order valence-corrected chi connectivity index (χ3v) is 7.55. The molecular weight excluding hydrogens is 561 g/mol. The average Bonchev–Trinajstić information content (AvgIpc) is 3.51. The maximum Gasteiger partial charge on any atom is 0.419 e. The number of nitrogens with zero attached hydrogens (tertiary/aromatic N) is 8. The van der Waals surface area contributed by atoms with Gasteiger partial charge in [-0.1, -0.05) is 20.4 Å². The fraction of sp³-hybridized carbons (Fsp3) is 0.567. The molecule has 2 saturated heterocycles. The number of rotatable bonds is 5. The molecule has 1 amide bonds. The quantitative estimate of drug-likeness (QED) is 0.463. The lowest BCUT2D eigenvalue weighted by Gasteiger charge is -2.42. The van der Waals surface area contributed by atoms with E-state index >= 15 is 0 Å². The minimum Gasteiger partial charge on any atom is -0.467 e. The number of piperazine rings is 1. The number of methoxy groups -OCH3 is 1. The molecule has 13 heteroatoms. The van der Waals surface area contributed by atoms with Gasteiger partial charge in [-0.3, -0.25) is 9.78 Å². The van der Waals surface area contributed by atoms with Crippen molar-refractivity contribution < 1.29 is 22.7 Å². The maximum absolute atomic E-state index is 13.6. The Morgan fingerprint density at radius 2 is 1.88 bits per heavy atom. The molecule has 0 aliphatic carbocycles. The number of hydrogen-bond acceptors (Lipinski definition) is 9. The summed E-state index contributed by atoms with van der Waals surface area (Å²) in [5.74, 6) is 0.381. The van der Waals surface area contributed by atoms with E-state index in [2.05, 4.69) is 39.5 Å². The molecule has 234 valence electrons. The Morgan fingerprint density at radius 3 is 2.47 bits per heavy atom. The summed E-state index contributed by atoms with van der Waals surface area (Å²) in [6.45, 7) is 11.9. The highest BCUT2D eigenvalue weighted by Crippen LogP contribution is 2.38. The van der Waals surface area contributed by atoms with E-state index in [9.17, 15) is 23.2 Å². The third-order valence-electron chi connectivity index (χ3n) is 7.55. The van der Waals surface area contributed by atoms with Crippen molar-refractivity contribution in [3.05, 3.63) is 47.9 Å². The number of pyridine rings is 1. The van der Waals surface area contributed by atoms with Gasteiger partial charge in [-0.15, -0.1) is 0 Å². The van der Waals surface area contributed by atoms with Gasteiger partial charge in [-0.2, -0.15) is 28.4 Å². The van der Waals surface area contributed by atoms with Crippen LogP contribution in [0.15, 0.2) is 31.1 Å². The molecule has 0 aromatic carbocycles. The lowest BCUT2D eigenvalue weighted by Crippen LogP contribution is -2.55. The fourth-order valence-corrected chi connectivity index (χ4v) is 5.44. The van der Waals surface area contributed by atoms with Gasteiger partial charge in [0.1, 0.15) is 5.82 Å². The molecule has 0 N–H and O–H groups in total. The molecule has 1 atom stereocenters. The highest BCUT2D eigenvalue weighted by atomic mass is 19.4. The number of hydrogen-bond donors (Lipinski definition) is 0. The minimum atomic E-state index is -4.53. The van der Waals surface area contributed by atoms with Crippen LogP contribution in [0.3, 0.4) is 0 Å². The number of halogens is 3. The van der Waals surface area contributed by atoms with Gasteiger partial charge in [0.2, 0.25) is 5.91 Å². The lowest BCUT2D eigenvalue weighted by molar-refractivity contribution is -0.137. The monoisotopic (exact) mass is 602 g/mol. The lowest BCUT2D eigenvalue weighted by atomic mass is 10.0. The van der Waals surface area contributed by atoms with Crippen LogP contribution < -0.4 is 14.5 Å². The molecule has 2 aromatic heterocycles. The number of amides is 1. The van der Waals surface area contributed by atoms with Crippen molar-refractivity contribution in [2.45, 2.75) is 58.3 Å². The fourth-order valence-electron chi connectivity index (χ4n) is 5.44. The van der Waals surface area contributed by atoms with Crippen LogP contribution in [-0.4, -0.2) is 90.1 Å². The van der Waals surface area contributed by atoms with E-state index in [0.29, 0.717) is 44.1 Å². The molecule has 0 bridgehead atoms. The normalized spacial score (nSPS) is 18.4. The van der Waals surface area contributed by atoms with E-state index in [1.807, 2.05) is 18.7 Å². The number of fused-ring (bicyclic) bond motifs is 1. The van der Waals surface area contributed by atoms with Gasteiger partial charge in [0.05, 0.1) is 49.1 Å². The van der Waals surface area contributed by atoms with Gasteiger partial charge < -0.3 is 24.3 Å². The summed E-state index contributed by atoms with van der Waals surface area (Å²) in [5, 5.41) is 9.27. The molecule has 0 saturated carbocycles. The number of nitriles is 1. The van der Waals surface area contributed by atoms with E-state index in [4.69, 9.17) is 4.74 Å². The Kier molecular flexibility index (Phi) is 12.1. The van der Waals surface area contributed by atoms with Gasteiger partial charge >= 0.3 is 12.2 Å². The summed E-state index contributed by atoms with van der Waals surface area (Å²) in [6.07, 6.45) is 2.27. The Bertz CT molecular complexity index is 1280. The molecule has 0 spiro atoms. The summed E-state index contributed by atoms with van der Waals surface area (Å²) < 4.78 is 46.0. The molecule has 2 aromatic rings. The van der Waals surface area contributed by atoms with Crippen LogP contribution in [0.5, 0.6) is 6.01 Å². The van der Waals surface area contributed by atoms with Gasteiger partial charge in [-0.05, 0) is 51.5 Å². The van der Waals surface area contributed by atoms with Crippen molar-refractivity contribution in [3.8, 4) is 12.1 Å². The predicted octanol–water partition coefficient (Wildman–Crippen LogP) is 4.32.